The molecule has 0 fully saturated rings. The molecule has 2 rings (SSSR count). The maximum atomic E-state index is 12.6. The van der Waals surface area contributed by atoms with E-state index in [1.807, 2.05) is 32.9 Å². The Balaban J connectivity index is 2.52. The van der Waals surface area contributed by atoms with Crippen LogP contribution < -0.4 is 0 Å². The first-order chi connectivity index (χ1) is 9.40. The smallest absolute Gasteiger partial charge is 0.270 e. The summed E-state index contributed by atoms with van der Waals surface area (Å²) in [7, 11) is 0. The minimum atomic E-state index is -0.494. The van der Waals surface area contributed by atoms with Crippen molar-refractivity contribution in [1.29, 1.82) is 0 Å². The molecule has 0 amide bonds. The number of nitro benzene ring substituents is 1. The second kappa shape index (κ2) is 5.25. The molecule has 0 aliphatic heterocycles. The highest BCUT2D eigenvalue weighted by Gasteiger charge is 2.17. The van der Waals surface area contributed by atoms with Crippen LogP contribution in [0.3, 0.4) is 0 Å². The number of nitro groups is 1. The van der Waals surface area contributed by atoms with Crippen LogP contribution >= 0.6 is 0 Å². The molecule has 4 heteroatoms. The molecule has 20 heavy (non-hydrogen) atoms. The monoisotopic (exact) mass is 269 g/mol. The number of hydrogen-bond acceptors (Lipinski definition) is 3. The zero-order valence-corrected chi connectivity index (χ0v) is 11.6. The number of hydrogen-bond donors (Lipinski definition) is 0. The standard InChI is InChI=1S/C16H15NO3/c1-10-7-11(2)15(12(3)8-10)16(18)13-5-4-6-14(9-13)17(19)20/h4-9H,1-3H3. The van der Waals surface area contributed by atoms with Crippen LogP contribution in [0.5, 0.6) is 0 Å². The third-order valence-corrected chi connectivity index (χ3v) is 3.22. The van der Waals surface area contributed by atoms with Crippen LogP contribution in [0.4, 0.5) is 5.69 Å². The molecule has 0 atom stereocenters. The zero-order valence-electron chi connectivity index (χ0n) is 11.6. The van der Waals surface area contributed by atoms with E-state index in [9.17, 15) is 14.9 Å². The van der Waals surface area contributed by atoms with Gasteiger partial charge in [-0.25, -0.2) is 0 Å². The number of aryl methyl sites for hydroxylation is 3. The van der Waals surface area contributed by atoms with E-state index in [0.717, 1.165) is 16.7 Å². The summed E-state index contributed by atoms with van der Waals surface area (Å²) in [5.74, 6) is -0.177. The number of benzene rings is 2. The van der Waals surface area contributed by atoms with Gasteiger partial charge in [0, 0.05) is 23.3 Å². The van der Waals surface area contributed by atoms with Gasteiger partial charge in [-0.1, -0.05) is 29.8 Å². The number of nitrogens with zero attached hydrogens (tertiary/aromatic N) is 1. The Morgan fingerprint density at radius 2 is 1.65 bits per heavy atom. The first-order valence-corrected chi connectivity index (χ1v) is 6.27. The first kappa shape index (κ1) is 13.9. The first-order valence-electron chi connectivity index (χ1n) is 6.27. The van der Waals surface area contributed by atoms with Crippen LogP contribution in [0.1, 0.15) is 32.6 Å². The van der Waals surface area contributed by atoms with Gasteiger partial charge in [0.05, 0.1) is 4.92 Å². The SMILES string of the molecule is Cc1cc(C)c(C(=O)c2cccc([N+](=O)[O-])c2)c(C)c1. The molecule has 0 aromatic heterocycles. The molecular formula is C16H15NO3. The van der Waals surface area contributed by atoms with Gasteiger partial charge >= 0.3 is 0 Å². The second-order valence-corrected chi connectivity index (χ2v) is 4.91. The summed E-state index contributed by atoms with van der Waals surface area (Å²) in [5, 5.41) is 10.8. The third-order valence-electron chi connectivity index (χ3n) is 3.22. The van der Waals surface area contributed by atoms with Gasteiger partial charge in [-0.3, -0.25) is 14.9 Å². The average Bonchev–Trinajstić information content (AvgIpc) is 2.37. The molecule has 0 spiro atoms. The van der Waals surface area contributed by atoms with Crippen molar-refractivity contribution < 1.29 is 9.72 Å². The lowest BCUT2D eigenvalue weighted by Gasteiger charge is -2.10. The van der Waals surface area contributed by atoms with E-state index < -0.39 is 4.92 Å². The number of rotatable bonds is 3. The minimum Gasteiger partial charge on any atom is -0.289 e. The van der Waals surface area contributed by atoms with Crippen molar-refractivity contribution >= 4 is 11.5 Å². The summed E-state index contributed by atoms with van der Waals surface area (Å²) in [4.78, 5) is 22.8. The lowest BCUT2D eigenvalue weighted by Crippen LogP contribution is -2.07. The maximum absolute atomic E-state index is 12.6. The van der Waals surface area contributed by atoms with E-state index in [1.54, 1.807) is 6.07 Å². The third kappa shape index (κ3) is 2.59. The topological polar surface area (TPSA) is 60.2 Å². The largest absolute Gasteiger partial charge is 0.289 e. The average molecular weight is 269 g/mol. The van der Waals surface area contributed by atoms with Gasteiger partial charge in [-0.05, 0) is 31.9 Å². The summed E-state index contributed by atoms with van der Waals surface area (Å²) in [6.07, 6.45) is 0. The van der Waals surface area contributed by atoms with Crippen LogP contribution in [0.2, 0.25) is 0 Å². The van der Waals surface area contributed by atoms with Crippen molar-refractivity contribution in [2.24, 2.45) is 0 Å². The van der Waals surface area contributed by atoms with E-state index in [-0.39, 0.29) is 11.5 Å². The van der Waals surface area contributed by atoms with Gasteiger partial charge in [0.2, 0.25) is 0 Å². The number of ketones is 1. The number of non-ortho nitro benzene ring substituents is 1. The quantitative estimate of drug-likeness (QED) is 0.484. The van der Waals surface area contributed by atoms with Crippen molar-refractivity contribution in [3.05, 3.63) is 74.3 Å². The molecule has 0 saturated heterocycles. The van der Waals surface area contributed by atoms with Crippen molar-refractivity contribution in [2.75, 3.05) is 0 Å². The van der Waals surface area contributed by atoms with Crippen LogP contribution in [-0.2, 0) is 0 Å². The molecule has 0 unspecified atom stereocenters. The lowest BCUT2D eigenvalue weighted by atomic mass is 9.93. The molecule has 0 bridgehead atoms. The lowest BCUT2D eigenvalue weighted by molar-refractivity contribution is -0.384. The molecule has 0 saturated carbocycles. The molecule has 0 N–H and O–H groups in total. The molecule has 0 radical (unpaired) electrons. The predicted molar refractivity (Wildman–Crippen MR) is 77.2 cm³/mol. The normalized spacial score (nSPS) is 10.3. The number of carbonyl (C=O) groups excluding carboxylic acids is 1. The Hall–Kier alpha value is -2.49. The predicted octanol–water partition coefficient (Wildman–Crippen LogP) is 3.75. The summed E-state index contributed by atoms with van der Waals surface area (Å²) >= 11 is 0. The summed E-state index contributed by atoms with van der Waals surface area (Å²) in [5.41, 5.74) is 3.76. The van der Waals surface area contributed by atoms with Crippen LogP contribution in [0, 0.1) is 30.9 Å². The fourth-order valence-electron chi connectivity index (χ4n) is 2.44. The van der Waals surface area contributed by atoms with Crippen molar-refractivity contribution in [3.8, 4) is 0 Å². The van der Waals surface area contributed by atoms with Gasteiger partial charge in [-0.2, -0.15) is 0 Å². The van der Waals surface area contributed by atoms with Crippen molar-refractivity contribution in [3.63, 3.8) is 0 Å². The highest BCUT2D eigenvalue weighted by molar-refractivity contribution is 6.11. The van der Waals surface area contributed by atoms with Gasteiger partial charge in [0.15, 0.2) is 5.78 Å². The highest BCUT2D eigenvalue weighted by atomic mass is 16.6. The number of carbonyl (C=O) groups is 1. The fourth-order valence-corrected chi connectivity index (χ4v) is 2.44. The molecule has 0 aliphatic rings. The molecule has 2 aromatic carbocycles. The summed E-state index contributed by atoms with van der Waals surface area (Å²) < 4.78 is 0. The molecule has 102 valence electrons. The second-order valence-electron chi connectivity index (χ2n) is 4.91. The highest BCUT2D eigenvalue weighted by Crippen LogP contribution is 2.22. The van der Waals surface area contributed by atoms with E-state index in [0.29, 0.717) is 11.1 Å². The van der Waals surface area contributed by atoms with E-state index in [1.165, 1.54) is 18.2 Å². The molecule has 4 nitrogen and oxygen atoms in total. The van der Waals surface area contributed by atoms with E-state index in [2.05, 4.69) is 0 Å². The van der Waals surface area contributed by atoms with E-state index in [4.69, 9.17) is 0 Å². The molecular weight excluding hydrogens is 254 g/mol. The van der Waals surface area contributed by atoms with Gasteiger partial charge in [-0.15, -0.1) is 0 Å². The van der Waals surface area contributed by atoms with Crippen LogP contribution in [-0.4, -0.2) is 10.7 Å². The molecule has 0 aliphatic carbocycles. The van der Waals surface area contributed by atoms with Gasteiger partial charge in [0.1, 0.15) is 0 Å². The summed E-state index contributed by atoms with van der Waals surface area (Å²) in [6, 6.07) is 9.72. The van der Waals surface area contributed by atoms with Crippen molar-refractivity contribution in [2.45, 2.75) is 20.8 Å². The van der Waals surface area contributed by atoms with Crippen molar-refractivity contribution in [1.82, 2.24) is 0 Å². The zero-order chi connectivity index (χ0) is 14.9. The van der Waals surface area contributed by atoms with Crippen LogP contribution in [0.25, 0.3) is 0 Å². The Labute approximate surface area is 117 Å². The van der Waals surface area contributed by atoms with Gasteiger partial charge < -0.3 is 0 Å². The Bertz CT molecular complexity index is 682. The van der Waals surface area contributed by atoms with E-state index >= 15 is 0 Å². The Morgan fingerprint density at radius 3 is 2.20 bits per heavy atom. The molecule has 2 aromatic rings. The Morgan fingerprint density at radius 1 is 1.05 bits per heavy atom. The fraction of sp³-hybridized carbons (Fsp3) is 0.188. The summed E-state index contributed by atoms with van der Waals surface area (Å²) in [6.45, 7) is 5.73. The molecule has 0 heterocycles. The van der Waals surface area contributed by atoms with Crippen LogP contribution in [0.15, 0.2) is 36.4 Å². The van der Waals surface area contributed by atoms with Gasteiger partial charge in [0.25, 0.3) is 5.69 Å². The maximum Gasteiger partial charge on any atom is 0.270 e. The Kier molecular flexibility index (Phi) is 3.66. The minimum absolute atomic E-state index is 0.0710.